The summed E-state index contributed by atoms with van der Waals surface area (Å²) in [5.74, 6) is 0. The van der Waals surface area contributed by atoms with Crippen molar-refractivity contribution in [1.29, 1.82) is 5.26 Å². The molecule has 0 saturated carbocycles. The van der Waals surface area contributed by atoms with E-state index < -0.39 is 0 Å². The molecule has 0 aliphatic carbocycles. The van der Waals surface area contributed by atoms with Crippen LogP contribution in [0.5, 0.6) is 0 Å². The van der Waals surface area contributed by atoms with Crippen LogP contribution in [0.2, 0.25) is 0 Å². The molecule has 1 aromatic heterocycles. The lowest BCUT2D eigenvalue weighted by Crippen LogP contribution is -2.17. The van der Waals surface area contributed by atoms with Crippen LogP contribution >= 0.6 is 11.3 Å². The quantitative estimate of drug-likeness (QED) is 0.917. The molecule has 0 bridgehead atoms. The van der Waals surface area contributed by atoms with Crippen LogP contribution in [0.25, 0.3) is 0 Å². The molecule has 0 saturated heterocycles. The molecule has 0 amide bonds. The number of hydrogen-bond acceptors (Lipinski definition) is 4. The van der Waals surface area contributed by atoms with Crippen molar-refractivity contribution >= 4 is 17.0 Å². The minimum atomic E-state index is -0.0385. The highest BCUT2D eigenvalue weighted by atomic mass is 32.1. The molecule has 0 radical (unpaired) electrons. The summed E-state index contributed by atoms with van der Waals surface area (Å²) in [7, 11) is 1.96. The minimum absolute atomic E-state index is 0.0385. The van der Waals surface area contributed by atoms with E-state index in [1.165, 1.54) is 5.56 Å². The highest BCUT2D eigenvalue weighted by molar-refractivity contribution is 7.07. The molecule has 0 unspecified atom stereocenters. The van der Waals surface area contributed by atoms with Gasteiger partial charge in [0, 0.05) is 13.6 Å². The molecule has 0 spiro atoms. The molecular weight excluding hydrogens is 244 g/mol. The molecule has 18 heavy (non-hydrogen) atoms. The van der Waals surface area contributed by atoms with Gasteiger partial charge in [0.2, 0.25) is 0 Å². The van der Waals surface area contributed by atoms with Gasteiger partial charge in [-0.25, -0.2) is 0 Å². The minimum Gasteiger partial charge on any atom is -0.392 e. The van der Waals surface area contributed by atoms with E-state index in [1.807, 2.05) is 29.5 Å². The number of nitrogens with zero attached hydrogens (tertiary/aromatic N) is 2. The second-order valence-corrected chi connectivity index (χ2v) is 4.89. The topological polar surface area (TPSA) is 47.3 Å². The summed E-state index contributed by atoms with van der Waals surface area (Å²) in [4.78, 5) is 2.04. The van der Waals surface area contributed by atoms with E-state index in [0.717, 1.165) is 17.8 Å². The number of thiophene rings is 1. The van der Waals surface area contributed by atoms with Crippen LogP contribution in [0, 0.1) is 11.3 Å². The molecule has 0 fully saturated rings. The molecule has 0 atom stereocenters. The lowest BCUT2D eigenvalue weighted by atomic mass is 10.1. The van der Waals surface area contributed by atoms with Gasteiger partial charge in [0.1, 0.15) is 6.07 Å². The van der Waals surface area contributed by atoms with E-state index in [4.69, 9.17) is 10.4 Å². The van der Waals surface area contributed by atoms with Gasteiger partial charge in [0.15, 0.2) is 0 Å². The molecule has 2 aromatic rings. The van der Waals surface area contributed by atoms with Crippen molar-refractivity contribution in [1.82, 2.24) is 0 Å². The molecule has 2 rings (SSSR count). The van der Waals surface area contributed by atoms with E-state index in [0.29, 0.717) is 5.56 Å². The number of nitriles is 1. The van der Waals surface area contributed by atoms with Crippen molar-refractivity contribution in [2.45, 2.75) is 13.2 Å². The summed E-state index contributed by atoms with van der Waals surface area (Å²) >= 11 is 1.67. The molecule has 4 heteroatoms. The maximum Gasteiger partial charge on any atom is 0.101 e. The van der Waals surface area contributed by atoms with Gasteiger partial charge in [-0.2, -0.15) is 16.6 Å². The maximum absolute atomic E-state index is 9.16. The Hall–Kier alpha value is -1.83. The fourth-order valence-corrected chi connectivity index (χ4v) is 2.51. The molecular formula is C14H14N2OS. The maximum atomic E-state index is 9.16. The van der Waals surface area contributed by atoms with Crippen LogP contribution in [-0.4, -0.2) is 12.2 Å². The smallest absolute Gasteiger partial charge is 0.101 e. The van der Waals surface area contributed by atoms with E-state index in [1.54, 1.807) is 17.4 Å². The second-order valence-electron chi connectivity index (χ2n) is 4.11. The number of anilines is 1. The zero-order valence-electron chi connectivity index (χ0n) is 10.1. The van der Waals surface area contributed by atoms with Gasteiger partial charge in [-0.15, -0.1) is 0 Å². The van der Waals surface area contributed by atoms with Crippen molar-refractivity contribution < 1.29 is 5.11 Å². The molecule has 0 aliphatic rings. The van der Waals surface area contributed by atoms with Gasteiger partial charge in [-0.1, -0.05) is 6.07 Å². The van der Waals surface area contributed by atoms with Gasteiger partial charge < -0.3 is 10.0 Å². The summed E-state index contributed by atoms with van der Waals surface area (Å²) in [5, 5.41) is 22.4. The monoisotopic (exact) mass is 258 g/mol. The molecule has 1 heterocycles. The SMILES string of the molecule is CN(Cc1ccsc1)c1ccc(CO)cc1C#N. The molecule has 92 valence electrons. The van der Waals surface area contributed by atoms with Crippen LogP contribution in [0.4, 0.5) is 5.69 Å². The van der Waals surface area contributed by atoms with Crippen LogP contribution in [0.15, 0.2) is 35.0 Å². The largest absolute Gasteiger partial charge is 0.392 e. The van der Waals surface area contributed by atoms with Crippen molar-refractivity contribution in [2.24, 2.45) is 0 Å². The highest BCUT2D eigenvalue weighted by Crippen LogP contribution is 2.22. The van der Waals surface area contributed by atoms with E-state index in [2.05, 4.69) is 17.5 Å². The Morgan fingerprint density at radius 3 is 2.78 bits per heavy atom. The Labute approximate surface area is 111 Å². The van der Waals surface area contributed by atoms with Crippen molar-refractivity contribution in [2.75, 3.05) is 11.9 Å². The van der Waals surface area contributed by atoms with E-state index >= 15 is 0 Å². The number of benzene rings is 1. The van der Waals surface area contributed by atoms with Gasteiger partial charge in [0.05, 0.1) is 17.9 Å². The average molecular weight is 258 g/mol. The van der Waals surface area contributed by atoms with E-state index in [-0.39, 0.29) is 6.61 Å². The van der Waals surface area contributed by atoms with E-state index in [9.17, 15) is 0 Å². The van der Waals surface area contributed by atoms with Gasteiger partial charge in [-0.05, 0) is 40.1 Å². The average Bonchev–Trinajstić information content (AvgIpc) is 2.90. The van der Waals surface area contributed by atoms with Gasteiger partial charge in [-0.3, -0.25) is 0 Å². The third-order valence-corrected chi connectivity index (χ3v) is 3.51. The first-order valence-electron chi connectivity index (χ1n) is 5.60. The first kappa shape index (κ1) is 12.6. The third kappa shape index (κ3) is 2.70. The number of aliphatic hydroxyl groups is 1. The van der Waals surface area contributed by atoms with Crippen LogP contribution in [0.3, 0.4) is 0 Å². The van der Waals surface area contributed by atoms with Gasteiger partial charge in [0.25, 0.3) is 0 Å². The predicted octanol–water partition coefficient (Wildman–Crippen LogP) is 2.75. The zero-order chi connectivity index (χ0) is 13.0. The van der Waals surface area contributed by atoms with Crippen molar-refractivity contribution in [3.63, 3.8) is 0 Å². The lowest BCUT2D eigenvalue weighted by Gasteiger charge is -2.20. The van der Waals surface area contributed by atoms with Crippen LogP contribution in [-0.2, 0) is 13.2 Å². The van der Waals surface area contributed by atoms with Gasteiger partial charge >= 0.3 is 0 Å². The summed E-state index contributed by atoms with van der Waals surface area (Å²) < 4.78 is 0. The second kappa shape index (κ2) is 5.67. The third-order valence-electron chi connectivity index (χ3n) is 2.78. The Balaban J connectivity index is 2.24. The first-order chi connectivity index (χ1) is 8.74. The molecule has 1 N–H and O–H groups in total. The Morgan fingerprint density at radius 1 is 1.33 bits per heavy atom. The summed E-state index contributed by atoms with van der Waals surface area (Å²) in [6.45, 7) is 0.736. The Morgan fingerprint density at radius 2 is 2.17 bits per heavy atom. The fourth-order valence-electron chi connectivity index (χ4n) is 1.85. The molecule has 0 aliphatic heterocycles. The Bertz CT molecular complexity index is 558. The first-order valence-corrected chi connectivity index (χ1v) is 6.55. The van der Waals surface area contributed by atoms with Crippen LogP contribution in [0.1, 0.15) is 16.7 Å². The standard InChI is InChI=1S/C14H14N2OS/c1-16(8-12-4-5-18-10-12)14-3-2-11(9-17)6-13(14)7-15/h2-6,10,17H,8-9H2,1H3. The van der Waals surface area contributed by atoms with Crippen LogP contribution < -0.4 is 4.90 Å². The number of rotatable bonds is 4. The van der Waals surface area contributed by atoms with Crippen molar-refractivity contribution in [3.8, 4) is 6.07 Å². The number of aliphatic hydroxyl groups excluding tert-OH is 1. The Kier molecular flexibility index (Phi) is 3.98. The normalized spacial score (nSPS) is 10.1. The van der Waals surface area contributed by atoms with Crippen molar-refractivity contribution in [3.05, 3.63) is 51.7 Å². The predicted molar refractivity (Wildman–Crippen MR) is 73.5 cm³/mol. The highest BCUT2D eigenvalue weighted by Gasteiger charge is 2.09. The fraction of sp³-hybridized carbons (Fsp3) is 0.214. The summed E-state index contributed by atoms with van der Waals surface area (Å²) in [5.41, 5.74) is 3.48. The molecule has 1 aromatic carbocycles. The summed E-state index contributed by atoms with van der Waals surface area (Å²) in [6, 6.07) is 9.73. The molecule has 3 nitrogen and oxygen atoms in total. The lowest BCUT2D eigenvalue weighted by molar-refractivity contribution is 0.282. The zero-order valence-corrected chi connectivity index (χ0v) is 10.9. The summed E-state index contributed by atoms with van der Waals surface area (Å²) in [6.07, 6.45) is 0. The number of hydrogen-bond donors (Lipinski definition) is 1.